The van der Waals surface area contributed by atoms with Crippen molar-refractivity contribution in [2.75, 3.05) is 39.3 Å². The van der Waals surface area contributed by atoms with Gasteiger partial charge in [0.25, 0.3) is 0 Å². The SMILES string of the molecule is CC1CCN(CC(O)CN2CCCC[C@@H]2CO)CC1. The van der Waals surface area contributed by atoms with E-state index in [0.29, 0.717) is 0 Å². The highest BCUT2D eigenvalue weighted by Gasteiger charge is 2.25. The zero-order valence-electron chi connectivity index (χ0n) is 12.3. The molecule has 0 aromatic heterocycles. The molecule has 2 aliphatic rings. The average molecular weight is 270 g/mol. The molecule has 0 aromatic carbocycles. The number of β-amino-alcohol motifs (C(OH)–C–C–N with tert-alkyl or cyclic N) is 1. The Morgan fingerprint density at radius 3 is 2.47 bits per heavy atom. The second kappa shape index (κ2) is 7.58. The van der Waals surface area contributed by atoms with Crippen LogP contribution in [0.4, 0.5) is 0 Å². The number of hydrogen-bond acceptors (Lipinski definition) is 4. The van der Waals surface area contributed by atoms with Gasteiger partial charge in [-0.2, -0.15) is 0 Å². The maximum Gasteiger partial charge on any atom is 0.0793 e. The predicted octanol–water partition coefficient (Wildman–Crippen LogP) is 0.926. The second-order valence-electron chi connectivity index (χ2n) is 6.46. The normalized spacial score (nSPS) is 29.5. The van der Waals surface area contributed by atoms with Gasteiger partial charge < -0.3 is 15.1 Å². The number of hydrogen-bond donors (Lipinski definition) is 2. The Morgan fingerprint density at radius 2 is 1.79 bits per heavy atom. The number of aliphatic hydroxyl groups excluding tert-OH is 2. The number of nitrogens with zero attached hydrogens (tertiary/aromatic N) is 2. The molecule has 112 valence electrons. The van der Waals surface area contributed by atoms with Crippen molar-refractivity contribution >= 4 is 0 Å². The van der Waals surface area contributed by atoms with Crippen molar-refractivity contribution in [2.24, 2.45) is 5.92 Å². The van der Waals surface area contributed by atoms with E-state index in [9.17, 15) is 10.2 Å². The van der Waals surface area contributed by atoms with Crippen LogP contribution in [0, 0.1) is 5.92 Å². The van der Waals surface area contributed by atoms with Crippen molar-refractivity contribution in [2.45, 2.75) is 51.2 Å². The molecule has 2 fully saturated rings. The largest absolute Gasteiger partial charge is 0.395 e. The van der Waals surface area contributed by atoms with Gasteiger partial charge in [-0.1, -0.05) is 13.3 Å². The fourth-order valence-corrected chi connectivity index (χ4v) is 3.38. The van der Waals surface area contributed by atoms with Gasteiger partial charge in [-0.05, 0) is 51.2 Å². The van der Waals surface area contributed by atoms with Crippen molar-refractivity contribution in [3.8, 4) is 0 Å². The van der Waals surface area contributed by atoms with Gasteiger partial charge in [0.2, 0.25) is 0 Å². The molecule has 2 N–H and O–H groups in total. The minimum Gasteiger partial charge on any atom is -0.395 e. The van der Waals surface area contributed by atoms with Crippen LogP contribution >= 0.6 is 0 Å². The molecule has 0 saturated carbocycles. The molecule has 4 heteroatoms. The molecule has 1 unspecified atom stereocenters. The average Bonchev–Trinajstić information content (AvgIpc) is 2.42. The lowest BCUT2D eigenvalue weighted by molar-refractivity contribution is 0.0219. The minimum atomic E-state index is -0.277. The Labute approximate surface area is 117 Å². The zero-order valence-corrected chi connectivity index (χ0v) is 12.3. The lowest BCUT2D eigenvalue weighted by Crippen LogP contribution is -2.48. The van der Waals surface area contributed by atoms with Crippen molar-refractivity contribution in [1.29, 1.82) is 0 Å². The van der Waals surface area contributed by atoms with Crippen LogP contribution < -0.4 is 0 Å². The van der Waals surface area contributed by atoms with Gasteiger partial charge in [0.05, 0.1) is 12.7 Å². The maximum atomic E-state index is 10.3. The summed E-state index contributed by atoms with van der Waals surface area (Å²) < 4.78 is 0. The first-order valence-electron chi connectivity index (χ1n) is 7.94. The van der Waals surface area contributed by atoms with Gasteiger partial charge in [0, 0.05) is 19.1 Å². The van der Waals surface area contributed by atoms with Crippen LogP contribution in [0.5, 0.6) is 0 Å². The molecular formula is C15H30N2O2. The van der Waals surface area contributed by atoms with Crippen LogP contribution in [0.15, 0.2) is 0 Å². The monoisotopic (exact) mass is 270 g/mol. The van der Waals surface area contributed by atoms with Crippen molar-refractivity contribution in [1.82, 2.24) is 9.80 Å². The summed E-state index contributed by atoms with van der Waals surface area (Å²) in [6, 6.07) is 0.268. The molecule has 2 atom stereocenters. The van der Waals surface area contributed by atoms with E-state index in [1.54, 1.807) is 0 Å². The summed E-state index contributed by atoms with van der Waals surface area (Å²) in [5, 5.41) is 19.7. The molecule has 2 saturated heterocycles. The van der Waals surface area contributed by atoms with Crippen LogP contribution in [0.25, 0.3) is 0 Å². The Morgan fingerprint density at radius 1 is 1.05 bits per heavy atom. The molecule has 0 bridgehead atoms. The summed E-state index contributed by atoms with van der Waals surface area (Å²) in [7, 11) is 0. The van der Waals surface area contributed by atoms with E-state index in [4.69, 9.17) is 0 Å². The summed E-state index contributed by atoms with van der Waals surface area (Å²) in [5.74, 6) is 0.842. The van der Waals surface area contributed by atoms with Gasteiger partial charge in [-0.25, -0.2) is 0 Å². The Balaban J connectivity index is 1.72. The molecule has 19 heavy (non-hydrogen) atoms. The van der Waals surface area contributed by atoms with E-state index in [-0.39, 0.29) is 18.8 Å². The minimum absolute atomic E-state index is 0.230. The number of rotatable bonds is 5. The first-order valence-corrected chi connectivity index (χ1v) is 7.94. The van der Waals surface area contributed by atoms with E-state index in [2.05, 4.69) is 16.7 Å². The van der Waals surface area contributed by atoms with Gasteiger partial charge in [-0.3, -0.25) is 4.90 Å². The molecule has 2 aliphatic heterocycles. The Hall–Kier alpha value is -0.160. The Kier molecular flexibility index (Phi) is 6.07. The first-order chi connectivity index (χ1) is 9.19. The summed E-state index contributed by atoms with van der Waals surface area (Å²) in [5.41, 5.74) is 0. The van der Waals surface area contributed by atoms with Crippen LogP contribution in [0.2, 0.25) is 0 Å². The second-order valence-corrected chi connectivity index (χ2v) is 6.46. The van der Waals surface area contributed by atoms with Gasteiger partial charge in [-0.15, -0.1) is 0 Å². The fraction of sp³-hybridized carbons (Fsp3) is 1.00. The first kappa shape index (κ1) is 15.2. The standard InChI is InChI=1S/C15H30N2O2/c1-13-5-8-16(9-6-13)10-15(19)11-17-7-3-2-4-14(17)12-18/h13-15,18-19H,2-12H2,1H3/t14-,15?/m1/s1. The molecule has 0 amide bonds. The number of aliphatic hydroxyl groups is 2. The van der Waals surface area contributed by atoms with E-state index in [0.717, 1.165) is 45.1 Å². The maximum absolute atomic E-state index is 10.3. The summed E-state index contributed by atoms with van der Waals surface area (Å²) in [6.07, 6.45) is 5.72. The molecule has 0 aromatic rings. The zero-order chi connectivity index (χ0) is 13.7. The summed E-state index contributed by atoms with van der Waals surface area (Å²) in [4.78, 5) is 4.67. The van der Waals surface area contributed by atoms with Crippen LogP contribution in [0.1, 0.15) is 39.0 Å². The van der Waals surface area contributed by atoms with Gasteiger partial charge in [0.15, 0.2) is 0 Å². The van der Waals surface area contributed by atoms with E-state index >= 15 is 0 Å². The highest BCUT2D eigenvalue weighted by atomic mass is 16.3. The topological polar surface area (TPSA) is 46.9 Å². The third-order valence-electron chi connectivity index (χ3n) is 4.75. The lowest BCUT2D eigenvalue weighted by atomic mass is 9.99. The highest BCUT2D eigenvalue weighted by molar-refractivity contribution is 4.80. The van der Waals surface area contributed by atoms with Crippen LogP contribution in [0.3, 0.4) is 0 Å². The molecule has 0 aliphatic carbocycles. The summed E-state index contributed by atoms with van der Waals surface area (Å²) in [6.45, 7) is 7.34. The fourth-order valence-electron chi connectivity index (χ4n) is 3.38. The highest BCUT2D eigenvalue weighted by Crippen LogP contribution is 2.18. The van der Waals surface area contributed by atoms with Crippen LogP contribution in [-0.4, -0.2) is 71.5 Å². The van der Waals surface area contributed by atoms with Crippen molar-refractivity contribution in [3.63, 3.8) is 0 Å². The quantitative estimate of drug-likeness (QED) is 0.780. The van der Waals surface area contributed by atoms with Gasteiger partial charge >= 0.3 is 0 Å². The van der Waals surface area contributed by atoms with E-state index in [1.165, 1.54) is 25.7 Å². The lowest BCUT2D eigenvalue weighted by Gasteiger charge is -2.37. The van der Waals surface area contributed by atoms with Crippen LogP contribution in [-0.2, 0) is 0 Å². The third-order valence-corrected chi connectivity index (χ3v) is 4.75. The molecule has 2 heterocycles. The molecule has 0 spiro atoms. The summed E-state index contributed by atoms with van der Waals surface area (Å²) >= 11 is 0. The van der Waals surface area contributed by atoms with E-state index < -0.39 is 0 Å². The number of likely N-dealkylation sites (tertiary alicyclic amines) is 2. The Bertz CT molecular complexity index is 255. The van der Waals surface area contributed by atoms with E-state index in [1.807, 2.05) is 0 Å². The molecule has 4 nitrogen and oxygen atoms in total. The molecular weight excluding hydrogens is 240 g/mol. The van der Waals surface area contributed by atoms with Crippen molar-refractivity contribution in [3.05, 3.63) is 0 Å². The predicted molar refractivity (Wildman–Crippen MR) is 77.1 cm³/mol. The number of piperidine rings is 2. The molecule has 2 rings (SSSR count). The van der Waals surface area contributed by atoms with Gasteiger partial charge in [0.1, 0.15) is 0 Å². The van der Waals surface area contributed by atoms with Crippen molar-refractivity contribution < 1.29 is 10.2 Å². The molecule has 0 radical (unpaired) electrons. The smallest absolute Gasteiger partial charge is 0.0793 e. The third kappa shape index (κ3) is 4.71.